The number of hydrogen-bond acceptors (Lipinski definition) is 6. The summed E-state index contributed by atoms with van der Waals surface area (Å²) in [7, 11) is -2.93. The molecule has 0 bridgehead atoms. The van der Waals surface area contributed by atoms with E-state index in [2.05, 4.69) is 4.74 Å². The fraction of sp³-hybridized carbons (Fsp3) is 0.125. The first-order chi connectivity index (χ1) is 11.3. The average Bonchev–Trinajstić information content (AvgIpc) is 2.60. The average molecular weight is 348 g/mol. The van der Waals surface area contributed by atoms with Gasteiger partial charge in [-0.15, -0.1) is 0 Å². The van der Waals surface area contributed by atoms with Crippen LogP contribution in [0.1, 0.15) is 26.3 Å². The van der Waals surface area contributed by atoms with E-state index >= 15 is 0 Å². The van der Waals surface area contributed by atoms with Gasteiger partial charge in [0.15, 0.2) is 0 Å². The lowest BCUT2D eigenvalue weighted by molar-refractivity contribution is 0.0600. The summed E-state index contributed by atoms with van der Waals surface area (Å²) >= 11 is 0. The van der Waals surface area contributed by atoms with Gasteiger partial charge in [0.1, 0.15) is 0 Å². The number of carbonyl (C=O) groups is 2. The number of carbonyl (C=O) groups excluding carboxylic acids is 2. The van der Waals surface area contributed by atoms with Crippen LogP contribution in [0.4, 0.5) is 0 Å². The molecule has 0 radical (unpaired) electrons. The molecule has 2 aromatic rings. The maximum absolute atomic E-state index is 12.4. The summed E-state index contributed by atoms with van der Waals surface area (Å²) in [6.45, 7) is 1.81. The molecule has 8 heteroatoms. The maximum Gasteiger partial charge on any atom is 0.337 e. The predicted molar refractivity (Wildman–Crippen MR) is 86.5 cm³/mol. The summed E-state index contributed by atoms with van der Waals surface area (Å²) in [6, 6.07) is 11.3. The zero-order valence-electron chi connectivity index (χ0n) is 13.1. The van der Waals surface area contributed by atoms with Crippen LogP contribution in [0.2, 0.25) is 0 Å². The first-order valence-electron chi connectivity index (χ1n) is 6.87. The molecule has 7 nitrogen and oxygen atoms in total. The van der Waals surface area contributed by atoms with Gasteiger partial charge < -0.3 is 4.74 Å². The van der Waals surface area contributed by atoms with E-state index in [1.54, 1.807) is 12.1 Å². The van der Waals surface area contributed by atoms with E-state index < -0.39 is 21.9 Å². The number of rotatable bonds is 4. The van der Waals surface area contributed by atoms with Gasteiger partial charge in [-0.2, -0.15) is 12.8 Å². The van der Waals surface area contributed by atoms with E-state index in [4.69, 9.17) is 5.84 Å². The summed E-state index contributed by atoms with van der Waals surface area (Å²) in [5.74, 6) is 4.05. The Kier molecular flexibility index (Phi) is 5.01. The highest BCUT2D eigenvalue weighted by Crippen LogP contribution is 2.16. The monoisotopic (exact) mass is 348 g/mol. The van der Waals surface area contributed by atoms with Crippen molar-refractivity contribution in [3.8, 4) is 0 Å². The topological polar surface area (TPSA) is 107 Å². The van der Waals surface area contributed by atoms with Crippen molar-refractivity contribution in [2.24, 2.45) is 5.84 Å². The number of benzene rings is 2. The van der Waals surface area contributed by atoms with Crippen molar-refractivity contribution in [2.45, 2.75) is 11.8 Å². The fourth-order valence-electron chi connectivity index (χ4n) is 1.93. The Balaban J connectivity index is 2.28. The standard InChI is InChI=1S/C16H16N2O5S/c1-11-3-9-14(10-4-11)24(21,22)18(17)15(19)12-5-7-13(8-6-12)16(20)23-2/h3-10H,17H2,1-2H3. The highest BCUT2D eigenvalue weighted by Gasteiger charge is 2.27. The lowest BCUT2D eigenvalue weighted by Crippen LogP contribution is -2.42. The summed E-state index contributed by atoms with van der Waals surface area (Å²) in [5.41, 5.74) is 1.14. The van der Waals surface area contributed by atoms with Crippen molar-refractivity contribution >= 4 is 21.9 Å². The lowest BCUT2D eigenvalue weighted by atomic mass is 10.1. The molecule has 0 aliphatic heterocycles. The molecule has 0 spiro atoms. The second-order valence-corrected chi connectivity index (χ2v) is 6.80. The van der Waals surface area contributed by atoms with Crippen molar-refractivity contribution in [2.75, 3.05) is 7.11 Å². The number of nitrogens with zero attached hydrogens (tertiary/aromatic N) is 1. The first kappa shape index (κ1) is 17.6. The number of ether oxygens (including phenoxy) is 1. The fourth-order valence-corrected chi connectivity index (χ4v) is 2.96. The highest BCUT2D eigenvalue weighted by molar-refractivity contribution is 7.89. The van der Waals surface area contributed by atoms with Crippen LogP contribution in [0.5, 0.6) is 0 Å². The van der Waals surface area contributed by atoms with E-state index in [9.17, 15) is 18.0 Å². The molecule has 2 N–H and O–H groups in total. The summed E-state index contributed by atoms with van der Waals surface area (Å²) in [4.78, 5) is 23.6. The van der Waals surface area contributed by atoms with E-state index in [-0.39, 0.29) is 20.4 Å². The molecule has 0 saturated carbocycles. The summed E-state index contributed by atoms with van der Waals surface area (Å²) in [5, 5.41) is 0. The predicted octanol–water partition coefficient (Wildman–Crippen LogP) is 1.49. The minimum atomic E-state index is -4.16. The molecular weight excluding hydrogens is 332 g/mol. The van der Waals surface area contributed by atoms with Crippen LogP contribution >= 0.6 is 0 Å². The Hall–Kier alpha value is -2.71. The molecule has 0 unspecified atom stereocenters. The van der Waals surface area contributed by atoms with E-state index in [0.717, 1.165) is 5.56 Å². The number of hydrogen-bond donors (Lipinski definition) is 1. The van der Waals surface area contributed by atoms with Gasteiger partial charge in [-0.05, 0) is 43.3 Å². The van der Waals surface area contributed by atoms with Crippen LogP contribution in [0.3, 0.4) is 0 Å². The molecule has 2 aromatic carbocycles. The third-order valence-corrected chi connectivity index (χ3v) is 4.88. The molecule has 1 amide bonds. The van der Waals surface area contributed by atoms with E-state index in [1.807, 2.05) is 6.92 Å². The van der Waals surface area contributed by atoms with Crippen LogP contribution in [-0.2, 0) is 14.8 Å². The molecule has 0 aromatic heterocycles. The van der Waals surface area contributed by atoms with Gasteiger partial charge in [0.25, 0.3) is 15.9 Å². The number of methoxy groups -OCH3 is 1. The van der Waals surface area contributed by atoms with Gasteiger partial charge in [0, 0.05) is 5.56 Å². The first-order valence-corrected chi connectivity index (χ1v) is 8.31. The van der Waals surface area contributed by atoms with E-state index in [1.165, 1.54) is 43.5 Å². The SMILES string of the molecule is COC(=O)c1ccc(C(=O)N(N)S(=O)(=O)c2ccc(C)cc2)cc1. The Morgan fingerprint density at radius 3 is 1.96 bits per heavy atom. The molecule has 0 aliphatic carbocycles. The molecule has 0 heterocycles. The second kappa shape index (κ2) is 6.81. The number of sulfonamides is 1. The van der Waals surface area contributed by atoms with Crippen molar-refractivity contribution < 1.29 is 22.7 Å². The third-order valence-electron chi connectivity index (χ3n) is 3.33. The smallest absolute Gasteiger partial charge is 0.337 e. The molecule has 126 valence electrons. The van der Waals surface area contributed by atoms with E-state index in [0.29, 0.717) is 0 Å². The Morgan fingerprint density at radius 1 is 0.958 bits per heavy atom. The van der Waals surface area contributed by atoms with Gasteiger partial charge in [0.05, 0.1) is 17.6 Å². The van der Waals surface area contributed by atoms with Crippen molar-refractivity contribution in [3.63, 3.8) is 0 Å². The summed E-state index contributed by atoms with van der Waals surface area (Å²) in [6.07, 6.45) is 0. The van der Waals surface area contributed by atoms with Crippen molar-refractivity contribution in [3.05, 3.63) is 65.2 Å². The van der Waals surface area contributed by atoms with Crippen molar-refractivity contribution in [1.29, 1.82) is 0 Å². The molecule has 2 rings (SSSR count). The molecule has 0 atom stereocenters. The van der Waals surface area contributed by atoms with Gasteiger partial charge >= 0.3 is 5.97 Å². The number of aryl methyl sites for hydroxylation is 1. The van der Waals surface area contributed by atoms with Gasteiger partial charge in [-0.3, -0.25) is 4.79 Å². The van der Waals surface area contributed by atoms with Gasteiger partial charge in [-0.1, -0.05) is 17.7 Å². The zero-order chi connectivity index (χ0) is 17.9. The number of nitrogens with two attached hydrogens (primary N) is 1. The lowest BCUT2D eigenvalue weighted by Gasteiger charge is -2.17. The quantitative estimate of drug-likeness (QED) is 0.388. The molecule has 0 fully saturated rings. The second-order valence-electron chi connectivity index (χ2n) is 4.99. The third kappa shape index (κ3) is 3.44. The minimum Gasteiger partial charge on any atom is -0.465 e. The number of hydrazine groups is 1. The molecule has 0 saturated heterocycles. The zero-order valence-corrected chi connectivity index (χ0v) is 13.9. The van der Waals surface area contributed by atoms with Crippen LogP contribution in [0, 0.1) is 6.92 Å². The number of amides is 1. The molecular formula is C16H16N2O5S. The Morgan fingerprint density at radius 2 is 1.46 bits per heavy atom. The molecule has 24 heavy (non-hydrogen) atoms. The highest BCUT2D eigenvalue weighted by atomic mass is 32.2. The number of esters is 1. The van der Waals surface area contributed by atoms with Crippen LogP contribution in [0.25, 0.3) is 0 Å². The van der Waals surface area contributed by atoms with Gasteiger partial charge in [0.2, 0.25) is 0 Å². The van der Waals surface area contributed by atoms with Crippen molar-refractivity contribution in [1.82, 2.24) is 4.41 Å². The van der Waals surface area contributed by atoms with Crippen LogP contribution in [0.15, 0.2) is 53.4 Å². The van der Waals surface area contributed by atoms with Crippen LogP contribution in [-0.4, -0.2) is 31.8 Å². The maximum atomic E-state index is 12.4. The van der Waals surface area contributed by atoms with Gasteiger partial charge in [-0.25, -0.2) is 10.6 Å². The molecule has 0 aliphatic rings. The normalized spacial score (nSPS) is 11.0. The van der Waals surface area contributed by atoms with Crippen LogP contribution < -0.4 is 5.84 Å². The Bertz CT molecular complexity index is 858. The largest absolute Gasteiger partial charge is 0.465 e. The summed E-state index contributed by atoms with van der Waals surface area (Å²) < 4.78 is 29.5. The Labute approximate surface area is 139 Å². The minimum absolute atomic E-state index is 0.0286.